The standard InChI is InChI=1S/C35H51FN4O7S/c1-24-21-40(25(2)23-41)34(42)31-20-29(38-35(43)37-28-11-6-5-7-12-28)15-18-32(31)47-26(3)10-8-9-19-46-33(24)22-39(4)48(44,45)30-16-13-27(36)14-17-30/h13-18,20,24-26,28,33,41H,5-12,19,21-23H2,1-4H3,(H2,37,38,43)/t24-,25+,26-,33+/m0/s1. The Balaban J connectivity index is 1.60. The van der Waals surface area contributed by atoms with Crippen LogP contribution >= 0.6 is 0 Å². The maximum atomic E-state index is 14.3. The van der Waals surface area contributed by atoms with Crippen LogP contribution in [0.4, 0.5) is 14.9 Å². The Morgan fingerprint density at radius 3 is 2.44 bits per heavy atom. The van der Waals surface area contributed by atoms with Gasteiger partial charge in [0.15, 0.2) is 0 Å². The first-order valence-electron chi connectivity index (χ1n) is 17.0. The fourth-order valence-electron chi connectivity index (χ4n) is 6.20. The van der Waals surface area contributed by atoms with Gasteiger partial charge in [-0.25, -0.2) is 17.6 Å². The Morgan fingerprint density at radius 2 is 1.75 bits per heavy atom. The normalized spacial score (nSPS) is 22.7. The van der Waals surface area contributed by atoms with Gasteiger partial charge in [-0.05, 0) is 88.4 Å². The van der Waals surface area contributed by atoms with E-state index in [0.29, 0.717) is 30.9 Å². The number of anilines is 1. The van der Waals surface area contributed by atoms with Gasteiger partial charge in [-0.15, -0.1) is 0 Å². The van der Waals surface area contributed by atoms with Gasteiger partial charge < -0.3 is 30.1 Å². The van der Waals surface area contributed by atoms with Gasteiger partial charge in [-0.1, -0.05) is 26.2 Å². The van der Waals surface area contributed by atoms with Crippen molar-refractivity contribution in [3.63, 3.8) is 0 Å². The molecule has 2 aromatic carbocycles. The quantitative estimate of drug-likeness (QED) is 0.338. The highest BCUT2D eigenvalue weighted by Crippen LogP contribution is 2.29. The number of benzene rings is 2. The Labute approximate surface area is 284 Å². The Bertz CT molecular complexity index is 1470. The second kappa shape index (κ2) is 17.4. The summed E-state index contributed by atoms with van der Waals surface area (Å²) in [5, 5.41) is 16.1. The molecule has 11 nitrogen and oxygen atoms in total. The lowest BCUT2D eigenvalue weighted by molar-refractivity contribution is -0.00834. The number of aliphatic hydroxyl groups excluding tert-OH is 1. The van der Waals surface area contributed by atoms with Crippen molar-refractivity contribution in [2.45, 2.75) is 101 Å². The van der Waals surface area contributed by atoms with Crippen LogP contribution in [0.3, 0.4) is 0 Å². The molecule has 1 fully saturated rings. The SMILES string of the molecule is C[C@H](CO)N1C[C@H](C)[C@@H](CN(C)S(=O)(=O)c2ccc(F)cc2)OCCCC[C@H](C)Oc2ccc(NC(=O)NC3CCCCC3)cc2C1=O. The van der Waals surface area contributed by atoms with E-state index in [1.165, 1.54) is 29.9 Å². The maximum absolute atomic E-state index is 14.3. The van der Waals surface area contributed by atoms with Gasteiger partial charge in [0.2, 0.25) is 10.0 Å². The van der Waals surface area contributed by atoms with Crippen molar-refractivity contribution in [2.24, 2.45) is 5.92 Å². The fraction of sp³-hybridized carbons (Fsp3) is 0.600. The zero-order chi connectivity index (χ0) is 34.8. The van der Waals surface area contributed by atoms with Gasteiger partial charge in [0.25, 0.3) is 5.91 Å². The zero-order valence-electron chi connectivity index (χ0n) is 28.5. The van der Waals surface area contributed by atoms with E-state index < -0.39 is 33.9 Å². The van der Waals surface area contributed by atoms with Crippen molar-refractivity contribution in [3.05, 3.63) is 53.8 Å². The minimum absolute atomic E-state index is 0.00329. The van der Waals surface area contributed by atoms with Crippen LogP contribution in [0.2, 0.25) is 0 Å². The van der Waals surface area contributed by atoms with Crippen LogP contribution in [0.1, 0.15) is 82.5 Å². The first-order chi connectivity index (χ1) is 22.9. The number of sulfonamides is 1. The summed E-state index contributed by atoms with van der Waals surface area (Å²) in [5.74, 6) is -0.912. The van der Waals surface area contributed by atoms with Crippen molar-refractivity contribution < 1.29 is 37.0 Å². The molecule has 1 saturated carbocycles. The number of carbonyl (C=O) groups excluding carboxylic acids is 2. The maximum Gasteiger partial charge on any atom is 0.319 e. The van der Waals surface area contributed by atoms with Crippen LogP contribution in [0.25, 0.3) is 0 Å². The minimum Gasteiger partial charge on any atom is -0.490 e. The van der Waals surface area contributed by atoms with E-state index in [9.17, 15) is 27.5 Å². The second-order valence-electron chi connectivity index (χ2n) is 13.2. The van der Waals surface area contributed by atoms with Crippen molar-refractivity contribution in [2.75, 3.05) is 38.7 Å². The summed E-state index contributed by atoms with van der Waals surface area (Å²) in [5.41, 5.74) is 0.682. The van der Waals surface area contributed by atoms with E-state index in [-0.39, 0.29) is 54.3 Å². The molecule has 13 heteroatoms. The lowest BCUT2D eigenvalue weighted by Gasteiger charge is -2.35. The van der Waals surface area contributed by atoms with Crippen LogP contribution in [0.15, 0.2) is 47.4 Å². The molecular weight excluding hydrogens is 639 g/mol. The first-order valence-corrected chi connectivity index (χ1v) is 18.5. The third-order valence-corrected chi connectivity index (χ3v) is 11.0. The van der Waals surface area contributed by atoms with E-state index in [1.807, 2.05) is 13.8 Å². The molecule has 1 aliphatic carbocycles. The van der Waals surface area contributed by atoms with Crippen molar-refractivity contribution in [3.8, 4) is 5.75 Å². The molecular formula is C35H51FN4O7S. The summed E-state index contributed by atoms with van der Waals surface area (Å²) < 4.78 is 53.9. The topological polar surface area (TPSA) is 138 Å². The van der Waals surface area contributed by atoms with Gasteiger partial charge in [0.1, 0.15) is 11.6 Å². The number of nitrogens with zero attached hydrogens (tertiary/aromatic N) is 2. The summed E-state index contributed by atoms with van der Waals surface area (Å²) in [6.07, 6.45) is 6.57. The fourth-order valence-corrected chi connectivity index (χ4v) is 7.38. The van der Waals surface area contributed by atoms with E-state index in [4.69, 9.17) is 9.47 Å². The zero-order valence-corrected chi connectivity index (χ0v) is 29.3. The number of carbonyl (C=O) groups is 2. The number of likely N-dealkylation sites (N-methyl/N-ethyl adjacent to an activating group) is 1. The average molecular weight is 691 g/mol. The number of hydrogen-bond acceptors (Lipinski definition) is 7. The average Bonchev–Trinajstić information content (AvgIpc) is 3.06. The smallest absolute Gasteiger partial charge is 0.319 e. The highest BCUT2D eigenvalue weighted by Gasteiger charge is 2.32. The number of urea groups is 1. The summed E-state index contributed by atoms with van der Waals surface area (Å²) in [7, 11) is -2.49. The summed E-state index contributed by atoms with van der Waals surface area (Å²) >= 11 is 0. The third-order valence-electron chi connectivity index (χ3n) is 9.21. The summed E-state index contributed by atoms with van der Waals surface area (Å²) in [6, 6.07) is 8.87. The molecule has 2 aliphatic rings. The van der Waals surface area contributed by atoms with E-state index in [2.05, 4.69) is 10.6 Å². The molecule has 2 aromatic rings. The Kier molecular flexibility index (Phi) is 13.6. The van der Waals surface area contributed by atoms with Gasteiger partial charge >= 0.3 is 6.03 Å². The molecule has 266 valence electrons. The number of hydrogen-bond donors (Lipinski definition) is 3. The summed E-state index contributed by atoms with van der Waals surface area (Å²) in [4.78, 5) is 28.7. The number of aliphatic hydroxyl groups is 1. The third kappa shape index (κ3) is 10.1. The number of halogens is 1. The largest absolute Gasteiger partial charge is 0.490 e. The molecule has 3 N–H and O–H groups in total. The van der Waals surface area contributed by atoms with Gasteiger partial charge in [0, 0.05) is 44.4 Å². The molecule has 1 heterocycles. The van der Waals surface area contributed by atoms with Crippen LogP contribution in [-0.4, -0.2) is 92.3 Å². The van der Waals surface area contributed by atoms with Crippen molar-refractivity contribution in [1.82, 2.24) is 14.5 Å². The number of ether oxygens (including phenoxy) is 2. The molecule has 3 amide bonds. The highest BCUT2D eigenvalue weighted by molar-refractivity contribution is 7.89. The van der Waals surface area contributed by atoms with E-state index in [0.717, 1.165) is 44.2 Å². The molecule has 0 bridgehead atoms. The predicted octanol–water partition coefficient (Wildman–Crippen LogP) is 5.40. The highest BCUT2D eigenvalue weighted by atomic mass is 32.2. The number of nitrogens with one attached hydrogen (secondary N) is 2. The number of amides is 3. The lowest BCUT2D eigenvalue weighted by Crippen LogP contribution is -2.48. The molecule has 48 heavy (non-hydrogen) atoms. The summed E-state index contributed by atoms with van der Waals surface area (Å²) in [6.45, 7) is 5.76. The van der Waals surface area contributed by atoms with Gasteiger partial charge in [0.05, 0.1) is 35.3 Å². The van der Waals surface area contributed by atoms with Crippen molar-refractivity contribution in [1.29, 1.82) is 0 Å². The first kappa shape index (κ1) is 37.6. The molecule has 1 aliphatic heterocycles. The molecule has 0 unspecified atom stereocenters. The van der Waals surface area contributed by atoms with Crippen LogP contribution in [-0.2, 0) is 14.8 Å². The molecule has 0 saturated heterocycles. The Hall–Kier alpha value is -3.26. The second-order valence-corrected chi connectivity index (χ2v) is 15.2. The lowest BCUT2D eigenvalue weighted by atomic mass is 9.96. The predicted molar refractivity (Wildman–Crippen MR) is 182 cm³/mol. The van der Waals surface area contributed by atoms with E-state index >= 15 is 0 Å². The molecule has 0 aromatic heterocycles. The number of fused-ring (bicyclic) bond motifs is 1. The monoisotopic (exact) mass is 690 g/mol. The number of rotatable bonds is 8. The molecule has 0 spiro atoms. The minimum atomic E-state index is -3.95. The van der Waals surface area contributed by atoms with Crippen molar-refractivity contribution >= 4 is 27.6 Å². The van der Waals surface area contributed by atoms with Crippen LogP contribution in [0, 0.1) is 11.7 Å². The van der Waals surface area contributed by atoms with Gasteiger partial charge in [-0.2, -0.15) is 4.31 Å². The Morgan fingerprint density at radius 1 is 1.06 bits per heavy atom. The van der Waals surface area contributed by atoms with Crippen LogP contribution in [0.5, 0.6) is 5.75 Å². The van der Waals surface area contributed by atoms with E-state index in [1.54, 1.807) is 30.0 Å². The van der Waals surface area contributed by atoms with Gasteiger partial charge in [-0.3, -0.25) is 4.79 Å². The van der Waals surface area contributed by atoms with Crippen LogP contribution < -0.4 is 15.4 Å². The molecule has 0 radical (unpaired) electrons. The molecule has 4 atom stereocenters. The molecule has 4 rings (SSSR count).